The van der Waals surface area contributed by atoms with Crippen molar-refractivity contribution >= 4 is 0 Å². The summed E-state index contributed by atoms with van der Waals surface area (Å²) in [6.07, 6.45) is 2.00. The molecule has 0 N–H and O–H groups in total. The monoisotopic (exact) mass is 560 g/mol. The Balaban J connectivity index is 2.25. The Bertz CT molecular complexity index is 994. The van der Waals surface area contributed by atoms with Crippen molar-refractivity contribution in [3.05, 3.63) is 35.4 Å². The van der Waals surface area contributed by atoms with Gasteiger partial charge < -0.3 is 37.9 Å². The molecule has 2 aromatic carbocycles. The second kappa shape index (κ2) is 14.9. The summed E-state index contributed by atoms with van der Waals surface area (Å²) in [6, 6.07) is 8.51. The molecule has 0 unspecified atom stereocenters. The molecule has 1 aliphatic carbocycles. The van der Waals surface area contributed by atoms with Crippen LogP contribution in [-0.4, -0.2) is 81.3 Å². The lowest BCUT2D eigenvalue weighted by atomic mass is 9.66. The van der Waals surface area contributed by atoms with E-state index >= 15 is 0 Å². The van der Waals surface area contributed by atoms with Crippen molar-refractivity contribution in [1.82, 2.24) is 0 Å². The summed E-state index contributed by atoms with van der Waals surface area (Å²) in [5.74, 6) is 2.76. The molecule has 0 saturated carbocycles. The van der Waals surface area contributed by atoms with Crippen LogP contribution in [0.1, 0.15) is 51.7 Å². The third-order valence-corrected chi connectivity index (χ3v) is 7.47. The van der Waals surface area contributed by atoms with Crippen molar-refractivity contribution in [2.24, 2.45) is 0 Å². The topological polar surface area (TPSA) is 73.8 Å². The molecule has 8 nitrogen and oxygen atoms in total. The van der Waals surface area contributed by atoms with E-state index in [9.17, 15) is 0 Å². The van der Waals surface area contributed by atoms with Crippen LogP contribution in [0.2, 0.25) is 0 Å². The SMILES string of the molecule is COCCOc1cc2c(cc1OCCOC)C(C)(C)CCC(C)(C)c1cc(OCCOC)c(OCCOC)cc1-2. The number of ether oxygens (including phenoxy) is 8. The minimum atomic E-state index is -0.112. The van der Waals surface area contributed by atoms with Crippen molar-refractivity contribution in [2.45, 2.75) is 51.4 Å². The lowest BCUT2D eigenvalue weighted by Crippen LogP contribution is -2.28. The predicted octanol–water partition coefficient (Wildman–Crippen LogP) is 5.80. The molecule has 0 saturated heterocycles. The van der Waals surface area contributed by atoms with Crippen LogP contribution in [0.25, 0.3) is 11.1 Å². The molecule has 224 valence electrons. The van der Waals surface area contributed by atoms with Crippen LogP contribution in [0.5, 0.6) is 23.0 Å². The van der Waals surface area contributed by atoms with Crippen molar-refractivity contribution in [3.8, 4) is 34.1 Å². The van der Waals surface area contributed by atoms with Gasteiger partial charge in [0.25, 0.3) is 0 Å². The first-order chi connectivity index (χ1) is 19.2. The number of fused-ring (bicyclic) bond motifs is 3. The van der Waals surface area contributed by atoms with Crippen LogP contribution < -0.4 is 18.9 Å². The van der Waals surface area contributed by atoms with E-state index in [-0.39, 0.29) is 10.8 Å². The maximum Gasteiger partial charge on any atom is 0.161 e. The molecule has 0 aliphatic heterocycles. The maximum atomic E-state index is 6.20. The van der Waals surface area contributed by atoms with Gasteiger partial charge in [0.15, 0.2) is 23.0 Å². The van der Waals surface area contributed by atoms with Gasteiger partial charge in [0, 0.05) is 28.4 Å². The van der Waals surface area contributed by atoms with Crippen molar-refractivity contribution < 1.29 is 37.9 Å². The molecular weight excluding hydrogens is 512 g/mol. The fourth-order valence-electron chi connectivity index (χ4n) is 4.97. The smallest absolute Gasteiger partial charge is 0.161 e. The summed E-state index contributed by atoms with van der Waals surface area (Å²) in [4.78, 5) is 0. The Morgan fingerprint density at radius 3 is 1.00 bits per heavy atom. The van der Waals surface area contributed by atoms with E-state index in [1.807, 2.05) is 0 Å². The third-order valence-electron chi connectivity index (χ3n) is 7.47. The number of hydrogen-bond acceptors (Lipinski definition) is 8. The van der Waals surface area contributed by atoms with E-state index in [2.05, 4.69) is 52.0 Å². The standard InChI is InChI=1S/C32H48O8/c1-31(2)9-10-32(3,4)26-22-30(40-18-14-36-8)28(38-16-12-34-6)20-24(26)23-19-27(37-15-11-33-5)29(21-25(23)31)39-17-13-35-7/h19-22H,9-18H2,1-8H3. The molecule has 1 aliphatic rings. The zero-order valence-electron chi connectivity index (χ0n) is 25.6. The van der Waals surface area contributed by atoms with Crippen LogP contribution in [0, 0.1) is 0 Å². The highest BCUT2D eigenvalue weighted by Gasteiger charge is 2.36. The van der Waals surface area contributed by atoms with Gasteiger partial charge in [-0.15, -0.1) is 0 Å². The number of methoxy groups -OCH3 is 4. The van der Waals surface area contributed by atoms with Gasteiger partial charge >= 0.3 is 0 Å². The van der Waals surface area contributed by atoms with Crippen LogP contribution in [0.4, 0.5) is 0 Å². The lowest BCUT2D eigenvalue weighted by molar-refractivity contribution is 0.132. The van der Waals surface area contributed by atoms with E-state index in [1.165, 1.54) is 11.1 Å². The lowest BCUT2D eigenvalue weighted by Gasteiger charge is -2.38. The Morgan fingerprint density at radius 1 is 0.450 bits per heavy atom. The molecule has 40 heavy (non-hydrogen) atoms. The van der Waals surface area contributed by atoms with Gasteiger partial charge in [0.2, 0.25) is 0 Å². The largest absolute Gasteiger partial charge is 0.487 e. The normalized spacial score (nSPS) is 15.4. The summed E-state index contributed by atoms with van der Waals surface area (Å²) in [6.45, 7) is 12.8. The summed E-state index contributed by atoms with van der Waals surface area (Å²) < 4.78 is 45.7. The van der Waals surface area contributed by atoms with Crippen LogP contribution >= 0.6 is 0 Å². The summed E-state index contributed by atoms with van der Waals surface area (Å²) in [7, 11) is 6.67. The van der Waals surface area contributed by atoms with Gasteiger partial charge in [-0.2, -0.15) is 0 Å². The van der Waals surface area contributed by atoms with Crippen molar-refractivity contribution in [1.29, 1.82) is 0 Å². The number of rotatable bonds is 16. The average molecular weight is 561 g/mol. The highest BCUT2D eigenvalue weighted by Crippen LogP contribution is 2.51. The molecule has 3 rings (SSSR count). The Hall–Kier alpha value is -2.52. The van der Waals surface area contributed by atoms with Gasteiger partial charge in [-0.05, 0) is 70.2 Å². The number of benzene rings is 2. The van der Waals surface area contributed by atoms with Crippen molar-refractivity contribution in [3.63, 3.8) is 0 Å². The molecule has 0 heterocycles. The molecule has 0 atom stereocenters. The molecule has 0 fully saturated rings. The minimum Gasteiger partial charge on any atom is -0.487 e. The highest BCUT2D eigenvalue weighted by atomic mass is 16.6. The zero-order chi connectivity index (χ0) is 29.2. The van der Waals surface area contributed by atoms with E-state index < -0.39 is 0 Å². The van der Waals surface area contributed by atoms with Crippen LogP contribution in [0.15, 0.2) is 24.3 Å². The first kappa shape index (κ1) is 32.0. The van der Waals surface area contributed by atoms with Gasteiger partial charge in [0.05, 0.1) is 26.4 Å². The molecular formula is C32H48O8. The number of hydrogen-bond donors (Lipinski definition) is 0. The van der Waals surface area contributed by atoms with Gasteiger partial charge in [0.1, 0.15) is 26.4 Å². The van der Waals surface area contributed by atoms with Gasteiger partial charge in [-0.3, -0.25) is 0 Å². The summed E-state index contributed by atoms with van der Waals surface area (Å²) in [5.41, 5.74) is 4.37. The minimum absolute atomic E-state index is 0.112. The molecule has 0 radical (unpaired) electrons. The molecule has 8 heteroatoms. The quantitative estimate of drug-likeness (QED) is 0.239. The van der Waals surface area contributed by atoms with E-state index in [4.69, 9.17) is 37.9 Å². The first-order valence-corrected chi connectivity index (χ1v) is 14.0. The molecule has 0 amide bonds. The second-order valence-corrected chi connectivity index (χ2v) is 11.3. The van der Waals surface area contributed by atoms with Crippen LogP contribution in [0.3, 0.4) is 0 Å². The molecule has 0 spiro atoms. The molecule has 0 aromatic heterocycles. The fraction of sp³-hybridized carbons (Fsp3) is 0.625. The Kier molecular flexibility index (Phi) is 11.9. The first-order valence-electron chi connectivity index (χ1n) is 14.0. The summed E-state index contributed by atoms with van der Waals surface area (Å²) >= 11 is 0. The Morgan fingerprint density at radius 2 is 0.725 bits per heavy atom. The van der Waals surface area contributed by atoms with Gasteiger partial charge in [-0.25, -0.2) is 0 Å². The second-order valence-electron chi connectivity index (χ2n) is 11.3. The summed E-state index contributed by atoms with van der Waals surface area (Å²) in [5, 5.41) is 0. The molecule has 2 aromatic rings. The maximum absolute atomic E-state index is 6.20. The predicted molar refractivity (Wildman–Crippen MR) is 157 cm³/mol. The third kappa shape index (κ3) is 8.03. The van der Waals surface area contributed by atoms with E-state index in [0.29, 0.717) is 75.9 Å². The zero-order valence-corrected chi connectivity index (χ0v) is 25.6. The highest BCUT2D eigenvalue weighted by molar-refractivity contribution is 5.79. The van der Waals surface area contributed by atoms with Crippen LogP contribution in [-0.2, 0) is 29.8 Å². The van der Waals surface area contributed by atoms with E-state index in [0.717, 1.165) is 24.0 Å². The Labute approximate surface area is 240 Å². The molecule has 0 bridgehead atoms. The average Bonchev–Trinajstić information content (AvgIpc) is 2.93. The van der Waals surface area contributed by atoms with Gasteiger partial charge in [-0.1, -0.05) is 27.7 Å². The van der Waals surface area contributed by atoms with E-state index in [1.54, 1.807) is 28.4 Å². The van der Waals surface area contributed by atoms with Crippen molar-refractivity contribution in [2.75, 3.05) is 81.3 Å². The fourth-order valence-corrected chi connectivity index (χ4v) is 4.97.